The summed E-state index contributed by atoms with van der Waals surface area (Å²) in [6.07, 6.45) is 8.58. The highest BCUT2D eigenvalue weighted by Gasteiger charge is 2.37. The van der Waals surface area contributed by atoms with Crippen LogP contribution in [0.2, 0.25) is 0 Å². The first-order chi connectivity index (χ1) is 13.7. The molecule has 2 aromatic carbocycles. The summed E-state index contributed by atoms with van der Waals surface area (Å²) in [4.78, 5) is 12.5. The molecule has 0 saturated carbocycles. The van der Waals surface area contributed by atoms with Crippen molar-refractivity contribution in [3.63, 3.8) is 0 Å². The van der Waals surface area contributed by atoms with Crippen molar-refractivity contribution in [1.29, 1.82) is 5.26 Å². The van der Waals surface area contributed by atoms with Crippen molar-refractivity contribution >= 4 is 5.97 Å². The third-order valence-corrected chi connectivity index (χ3v) is 4.80. The predicted octanol–water partition coefficient (Wildman–Crippen LogP) is 5.66. The highest BCUT2D eigenvalue weighted by Crippen LogP contribution is 2.28. The Morgan fingerprint density at radius 2 is 1.57 bits per heavy atom. The van der Waals surface area contributed by atoms with Crippen molar-refractivity contribution in [2.24, 2.45) is 5.41 Å². The fourth-order valence-electron chi connectivity index (χ4n) is 3.22. The Morgan fingerprint density at radius 3 is 2.11 bits per heavy atom. The second kappa shape index (κ2) is 11.8. The maximum atomic E-state index is 12.5. The zero-order valence-electron chi connectivity index (χ0n) is 16.6. The molecule has 0 amide bonds. The maximum Gasteiger partial charge on any atom is 0.330 e. The minimum absolute atomic E-state index is 0.281. The van der Waals surface area contributed by atoms with Crippen molar-refractivity contribution < 1.29 is 9.53 Å². The molecule has 0 unspecified atom stereocenters. The van der Waals surface area contributed by atoms with Gasteiger partial charge in [-0.05, 0) is 56.6 Å². The molecule has 0 aromatic heterocycles. The molecule has 0 N–H and O–H groups in total. The van der Waals surface area contributed by atoms with E-state index in [2.05, 4.69) is 30.3 Å². The summed E-state index contributed by atoms with van der Waals surface area (Å²) in [6, 6.07) is 22.7. The van der Waals surface area contributed by atoms with Gasteiger partial charge in [0.1, 0.15) is 0 Å². The van der Waals surface area contributed by atoms with Gasteiger partial charge in [-0.25, -0.2) is 4.79 Å². The fraction of sp³-hybridized carbons (Fsp3) is 0.360. The molecule has 0 saturated heterocycles. The quantitative estimate of drug-likeness (QED) is 0.289. The van der Waals surface area contributed by atoms with E-state index in [0.29, 0.717) is 6.42 Å². The number of esters is 1. The number of hydrogen-bond donors (Lipinski definition) is 0. The first-order valence-electron chi connectivity index (χ1n) is 10.0. The molecule has 0 fully saturated rings. The molecule has 0 heterocycles. The fourth-order valence-corrected chi connectivity index (χ4v) is 3.22. The van der Waals surface area contributed by atoms with E-state index in [1.54, 1.807) is 13.0 Å². The maximum absolute atomic E-state index is 12.5. The minimum atomic E-state index is -1.20. The van der Waals surface area contributed by atoms with E-state index in [-0.39, 0.29) is 6.61 Å². The van der Waals surface area contributed by atoms with Crippen molar-refractivity contribution in [3.05, 3.63) is 83.9 Å². The van der Waals surface area contributed by atoms with E-state index in [4.69, 9.17) is 4.74 Å². The molecule has 0 bridgehead atoms. The van der Waals surface area contributed by atoms with Crippen LogP contribution >= 0.6 is 0 Å². The zero-order valence-corrected chi connectivity index (χ0v) is 16.6. The number of benzene rings is 2. The number of carbonyl (C=O) groups is 1. The molecule has 2 rings (SSSR count). The van der Waals surface area contributed by atoms with Crippen LogP contribution in [0.15, 0.2) is 72.8 Å². The molecule has 1 atom stereocenters. The third-order valence-electron chi connectivity index (χ3n) is 4.80. The topological polar surface area (TPSA) is 50.1 Å². The summed E-state index contributed by atoms with van der Waals surface area (Å²) >= 11 is 0. The number of rotatable bonds is 11. The standard InChI is InChI=1S/C25H29NO2/c1-2-28-24(27)25(21-26,20-12-18-23-15-8-4-9-16-23)19-11-5-10-17-22-13-6-3-7-14-22/h3-4,6-9,11,13-16,19H,2,5,10,12,17-18,20H2,1H3/b19-11+/t25-/m1/s1. The molecule has 3 nitrogen and oxygen atoms in total. The van der Waals surface area contributed by atoms with Gasteiger partial charge in [-0.2, -0.15) is 5.26 Å². The van der Waals surface area contributed by atoms with E-state index in [9.17, 15) is 10.1 Å². The van der Waals surface area contributed by atoms with Gasteiger partial charge >= 0.3 is 5.97 Å². The Hall–Kier alpha value is -2.86. The number of nitrogens with zero attached hydrogens (tertiary/aromatic N) is 1. The Bertz CT molecular complexity index is 777. The van der Waals surface area contributed by atoms with Gasteiger partial charge in [0, 0.05) is 0 Å². The van der Waals surface area contributed by atoms with E-state index in [0.717, 1.165) is 32.1 Å². The second-order valence-electron chi connectivity index (χ2n) is 6.92. The van der Waals surface area contributed by atoms with Crippen molar-refractivity contribution in [2.75, 3.05) is 6.61 Å². The zero-order chi connectivity index (χ0) is 20.1. The van der Waals surface area contributed by atoms with E-state index >= 15 is 0 Å². The first-order valence-corrected chi connectivity index (χ1v) is 10.0. The van der Waals surface area contributed by atoms with Gasteiger partial charge in [-0.15, -0.1) is 0 Å². The lowest BCUT2D eigenvalue weighted by molar-refractivity contribution is -0.149. The second-order valence-corrected chi connectivity index (χ2v) is 6.92. The van der Waals surface area contributed by atoms with Crippen LogP contribution in [0.4, 0.5) is 0 Å². The lowest BCUT2D eigenvalue weighted by Gasteiger charge is -2.21. The molecule has 28 heavy (non-hydrogen) atoms. The Balaban J connectivity index is 1.94. The van der Waals surface area contributed by atoms with Gasteiger partial charge < -0.3 is 4.74 Å². The average Bonchev–Trinajstić information content (AvgIpc) is 2.74. The van der Waals surface area contributed by atoms with Gasteiger partial charge in [0.05, 0.1) is 12.7 Å². The highest BCUT2D eigenvalue weighted by molar-refractivity contribution is 5.82. The number of carbonyl (C=O) groups excluding carboxylic acids is 1. The SMILES string of the molecule is CCOC(=O)[C@](C#N)(/C=C/CCCc1ccccc1)CCCc1ccccc1. The molecule has 0 aliphatic heterocycles. The molecular weight excluding hydrogens is 346 g/mol. The summed E-state index contributed by atoms with van der Waals surface area (Å²) in [5, 5.41) is 9.80. The van der Waals surface area contributed by atoms with Gasteiger partial charge in [0.2, 0.25) is 0 Å². The van der Waals surface area contributed by atoms with E-state index < -0.39 is 11.4 Å². The Morgan fingerprint density at radius 1 is 1.00 bits per heavy atom. The molecule has 0 aliphatic rings. The minimum Gasteiger partial charge on any atom is -0.465 e. The van der Waals surface area contributed by atoms with Crippen LogP contribution < -0.4 is 0 Å². The number of nitriles is 1. The molecule has 0 spiro atoms. The van der Waals surface area contributed by atoms with Crippen LogP contribution in [-0.2, 0) is 22.4 Å². The molecule has 2 aromatic rings. The number of aryl methyl sites for hydroxylation is 2. The Kier molecular flexibility index (Phi) is 9.01. The first kappa shape index (κ1) is 21.4. The van der Waals surface area contributed by atoms with Crippen molar-refractivity contribution in [1.82, 2.24) is 0 Å². The monoisotopic (exact) mass is 375 g/mol. The summed E-state index contributed by atoms with van der Waals surface area (Å²) < 4.78 is 5.21. The molecule has 0 radical (unpaired) electrons. The smallest absolute Gasteiger partial charge is 0.330 e. The van der Waals surface area contributed by atoms with Crippen LogP contribution in [0.1, 0.15) is 43.7 Å². The molecule has 0 aliphatic carbocycles. The summed E-state index contributed by atoms with van der Waals surface area (Å²) in [5.74, 6) is -0.440. The van der Waals surface area contributed by atoms with E-state index in [1.807, 2.05) is 42.5 Å². The lowest BCUT2D eigenvalue weighted by Crippen LogP contribution is -2.30. The number of unbranched alkanes of at least 4 members (excludes halogenated alkanes) is 1. The van der Waals surface area contributed by atoms with Crippen LogP contribution in [0, 0.1) is 16.7 Å². The van der Waals surface area contributed by atoms with Crippen molar-refractivity contribution in [3.8, 4) is 6.07 Å². The highest BCUT2D eigenvalue weighted by atomic mass is 16.5. The Labute approximate surface area is 168 Å². The van der Waals surface area contributed by atoms with Crippen LogP contribution in [0.3, 0.4) is 0 Å². The third kappa shape index (κ3) is 6.70. The van der Waals surface area contributed by atoms with Crippen LogP contribution in [-0.4, -0.2) is 12.6 Å². The number of allylic oxidation sites excluding steroid dienone is 1. The van der Waals surface area contributed by atoms with Crippen LogP contribution in [0.5, 0.6) is 0 Å². The van der Waals surface area contributed by atoms with Gasteiger partial charge in [-0.3, -0.25) is 0 Å². The van der Waals surface area contributed by atoms with Crippen LogP contribution in [0.25, 0.3) is 0 Å². The molecule has 146 valence electrons. The largest absolute Gasteiger partial charge is 0.465 e. The summed E-state index contributed by atoms with van der Waals surface area (Å²) in [7, 11) is 0. The van der Waals surface area contributed by atoms with Gasteiger partial charge in [0.25, 0.3) is 0 Å². The summed E-state index contributed by atoms with van der Waals surface area (Å²) in [5.41, 5.74) is 1.32. The average molecular weight is 376 g/mol. The predicted molar refractivity (Wildman–Crippen MR) is 113 cm³/mol. The molecular formula is C25H29NO2. The van der Waals surface area contributed by atoms with E-state index in [1.165, 1.54) is 11.1 Å². The summed E-state index contributed by atoms with van der Waals surface area (Å²) in [6.45, 7) is 2.05. The molecule has 3 heteroatoms. The normalized spacial score (nSPS) is 13.0. The van der Waals surface area contributed by atoms with Gasteiger partial charge in [-0.1, -0.05) is 72.8 Å². The van der Waals surface area contributed by atoms with Gasteiger partial charge in [0.15, 0.2) is 5.41 Å². The number of hydrogen-bond acceptors (Lipinski definition) is 3. The van der Waals surface area contributed by atoms with Crippen molar-refractivity contribution in [2.45, 2.75) is 45.4 Å². The number of ether oxygens (including phenoxy) is 1. The lowest BCUT2D eigenvalue weighted by atomic mass is 9.83.